The molecule has 0 aromatic heterocycles. The standard InChI is InChI=1S/C17H28N2O/c1-4-17(14(2)3)18-13-15-5-7-16(8-6-15)19-9-11-20-12-10-19/h5-8,14,17-18H,4,9-13H2,1-3H3. The molecule has 1 aliphatic heterocycles. The number of morpholine rings is 1. The van der Waals surface area contributed by atoms with Gasteiger partial charge in [0.25, 0.3) is 0 Å². The summed E-state index contributed by atoms with van der Waals surface area (Å²) in [7, 11) is 0. The fourth-order valence-electron chi connectivity index (χ4n) is 2.75. The van der Waals surface area contributed by atoms with E-state index >= 15 is 0 Å². The minimum absolute atomic E-state index is 0.605. The monoisotopic (exact) mass is 276 g/mol. The zero-order valence-corrected chi connectivity index (χ0v) is 13.1. The van der Waals surface area contributed by atoms with Gasteiger partial charge < -0.3 is 15.0 Å². The molecule has 1 aromatic carbocycles. The zero-order valence-electron chi connectivity index (χ0n) is 13.1. The molecular formula is C17H28N2O. The van der Waals surface area contributed by atoms with Gasteiger partial charge >= 0.3 is 0 Å². The Morgan fingerprint density at radius 3 is 2.35 bits per heavy atom. The first-order chi connectivity index (χ1) is 9.70. The van der Waals surface area contributed by atoms with Crippen LogP contribution >= 0.6 is 0 Å². The minimum Gasteiger partial charge on any atom is -0.378 e. The lowest BCUT2D eigenvalue weighted by Gasteiger charge is -2.29. The second kappa shape index (κ2) is 7.65. The molecule has 1 aromatic rings. The van der Waals surface area contributed by atoms with Crippen molar-refractivity contribution in [3.05, 3.63) is 29.8 Å². The fraction of sp³-hybridized carbons (Fsp3) is 0.647. The van der Waals surface area contributed by atoms with Crippen molar-refractivity contribution >= 4 is 5.69 Å². The third-order valence-corrected chi connectivity index (χ3v) is 4.13. The van der Waals surface area contributed by atoms with Crippen LogP contribution in [0.1, 0.15) is 32.8 Å². The van der Waals surface area contributed by atoms with E-state index in [-0.39, 0.29) is 0 Å². The quantitative estimate of drug-likeness (QED) is 0.864. The maximum absolute atomic E-state index is 5.39. The molecule has 1 fully saturated rings. The predicted molar refractivity (Wildman–Crippen MR) is 85.2 cm³/mol. The molecule has 0 saturated carbocycles. The summed E-state index contributed by atoms with van der Waals surface area (Å²) in [4.78, 5) is 2.39. The van der Waals surface area contributed by atoms with Crippen molar-refractivity contribution in [3.8, 4) is 0 Å². The van der Waals surface area contributed by atoms with Crippen LogP contribution in [0.15, 0.2) is 24.3 Å². The van der Waals surface area contributed by atoms with Gasteiger partial charge in [-0.3, -0.25) is 0 Å². The van der Waals surface area contributed by atoms with Gasteiger partial charge in [0.2, 0.25) is 0 Å². The van der Waals surface area contributed by atoms with E-state index in [1.54, 1.807) is 0 Å². The van der Waals surface area contributed by atoms with Gasteiger partial charge in [-0.15, -0.1) is 0 Å². The molecule has 1 unspecified atom stereocenters. The normalized spacial score (nSPS) is 17.5. The number of anilines is 1. The maximum atomic E-state index is 5.39. The second-order valence-electron chi connectivity index (χ2n) is 5.91. The third-order valence-electron chi connectivity index (χ3n) is 4.13. The first kappa shape index (κ1) is 15.3. The van der Waals surface area contributed by atoms with E-state index in [9.17, 15) is 0 Å². The van der Waals surface area contributed by atoms with Crippen molar-refractivity contribution in [2.24, 2.45) is 5.92 Å². The summed E-state index contributed by atoms with van der Waals surface area (Å²) in [5.74, 6) is 0.688. The molecule has 3 nitrogen and oxygen atoms in total. The molecule has 1 atom stereocenters. The Balaban J connectivity index is 1.87. The van der Waals surface area contributed by atoms with E-state index in [0.717, 1.165) is 32.8 Å². The molecule has 112 valence electrons. The summed E-state index contributed by atoms with van der Waals surface area (Å²) in [6.07, 6.45) is 1.18. The van der Waals surface area contributed by atoms with Gasteiger partial charge in [0.05, 0.1) is 13.2 Å². The Morgan fingerprint density at radius 1 is 1.15 bits per heavy atom. The van der Waals surface area contributed by atoms with E-state index in [0.29, 0.717) is 12.0 Å². The van der Waals surface area contributed by atoms with Crippen molar-refractivity contribution in [1.82, 2.24) is 5.32 Å². The van der Waals surface area contributed by atoms with Crippen LogP contribution in [0, 0.1) is 5.92 Å². The summed E-state index contributed by atoms with van der Waals surface area (Å²) in [6.45, 7) is 11.5. The molecule has 0 amide bonds. The van der Waals surface area contributed by atoms with Crippen LogP contribution < -0.4 is 10.2 Å². The Hall–Kier alpha value is -1.06. The van der Waals surface area contributed by atoms with E-state index < -0.39 is 0 Å². The molecule has 3 heteroatoms. The highest BCUT2D eigenvalue weighted by Gasteiger charge is 2.12. The van der Waals surface area contributed by atoms with E-state index in [1.165, 1.54) is 17.7 Å². The number of hydrogen-bond acceptors (Lipinski definition) is 3. The van der Waals surface area contributed by atoms with Crippen LogP contribution in [0.4, 0.5) is 5.69 Å². The topological polar surface area (TPSA) is 24.5 Å². The van der Waals surface area contributed by atoms with Gasteiger partial charge in [0.1, 0.15) is 0 Å². The number of ether oxygens (including phenoxy) is 1. The average Bonchev–Trinajstić information content (AvgIpc) is 2.49. The first-order valence-electron chi connectivity index (χ1n) is 7.85. The molecule has 2 rings (SSSR count). The highest BCUT2D eigenvalue weighted by molar-refractivity contribution is 5.47. The SMILES string of the molecule is CCC(NCc1ccc(N2CCOCC2)cc1)C(C)C. The van der Waals surface area contributed by atoms with Crippen molar-refractivity contribution in [2.45, 2.75) is 39.8 Å². The van der Waals surface area contributed by atoms with Crippen LogP contribution in [0.5, 0.6) is 0 Å². The summed E-state index contributed by atoms with van der Waals surface area (Å²) >= 11 is 0. The number of benzene rings is 1. The zero-order chi connectivity index (χ0) is 14.4. The van der Waals surface area contributed by atoms with Crippen LogP contribution in [-0.4, -0.2) is 32.3 Å². The molecule has 1 N–H and O–H groups in total. The first-order valence-corrected chi connectivity index (χ1v) is 7.85. The summed E-state index contributed by atoms with van der Waals surface area (Å²) in [5.41, 5.74) is 2.68. The lowest BCUT2D eigenvalue weighted by molar-refractivity contribution is 0.122. The van der Waals surface area contributed by atoms with Crippen molar-refractivity contribution in [3.63, 3.8) is 0 Å². The molecule has 1 aliphatic rings. The van der Waals surface area contributed by atoms with Gasteiger partial charge in [-0.25, -0.2) is 0 Å². The Bertz CT molecular complexity index is 382. The number of nitrogens with zero attached hydrogens (tertiary/aromatic N) is 1. The molecule has 1 heterocycles. The highest BCUT2D eigenvalue weighted by Crippen LogP contribution is 2.17. The molecule has 1 saturated heterocycles. The average molecular weight is 276 g/mol. The number of nitrogens with one attached hydrogen (secondary N) is 1. The molecule has 20 heavy (non-hydrogen) atoms. The van der Waals surface area contributed by atoms with Gasteiger partial charge in [-0.2, -0.15) is 0 Å². The predicted octanol–water partition coefficient (Wildman–Crippen LogP) is 3.05. The Morgan fingerprint density at radius 2 is 1.80 bits per heavy atom. The fourth-order valence-corrected chi connectivity index (χ4v) is 2.75. The van der Waals surface area contributed by atoms with Crippen LogP contribution in [0.3, 0.4) is 0 Å². The van der Waals surface area contributed by atoms with Crippen LogP contribution in [-0.2, 0) is 11.3 Å². The number of hydrogen-bond donors (Lipinski definition) is 1. The van der Waals surface area contributed by atoms with Gasteiger partial charge in [-0.1, -0.05) is 32.9 Å². The lowest BCUT2D eigenvalue weighted by Crippen LogP contribution is -2.36. The lowest BCUT2D eigenvalue weighted by atomic mass is 10.0. The van der Waals surface area contributed by atoms with E-state index in [4.69, 9.17) is 4.74 Å². The molecule has 0 bridgehead atoms. The Labute approximate surface area is 123 Å². The highest BCUT2D eigenvalue weighted by atomic mass is 16.5. The largest absolute Gasteiger partial charge is 0.378 e. The summed E-state index contributed by atoms with van der Waals surface area (Å²) in [5, 5.41) is 3.65. The Kier molecular flexibility index (Phi) is 5.86. The molecular weight excluding hydrogens is 248 g/mol. The third kappa shape index (κ3) is 4.22. The van der Waals surface area contributed by atoms with Crippen molar-refractivity contribution in [2.75, 3.05) is 31.2 Å². The maximum Gasteiger partial charge on any atom is 0.0642 e. The van der Waals surface area contributed by atoms with Gasteiger partial charge in [0.15, 0.2) is 0 Å². The van der Waals surface area contributed by atoms with E-state index in [2.05, 4.69) is 55.3 Å². The van der Waals surface area contributed by atoms with Crippen molar-refractivity contribution in [1.29, 1.82) is 0 Å². The van der Waals surface area contributed by atoms with Gasteiger partial charge in [-0.05, 0) is 30.0 Å². The molecule has 0 spiro atoms. The van der Waals surface area contributed by atoms with E-state index in [1.807, 2.05) is 0 Å². The summed E-state index contributed by atoms with van der Waals surface area (Å²) < 4.78 is 5.39. The smallest absolute Gasteiger partial charge is 0.0642 e. The summed E-state index contributed by atoms with van der Waals surface area (Å²) in [6, 6.07) is 9.56. The molecule has 0 radical (unpaired) electrons. The van der Waals surface area contributed by atoms with Gasteiger partial charge in [0, 0.05) is 31.4 Å². The number of rotatable bonds is 6. The molecule has 0 aliphatic carbocycles. The van der Waals surface area contributed by atoms with Crippen molar-refractivity contribution < 1.29 is 4.74 Å². The second-order valence-corrected chi connectivity index (χ2v) is 5.91. The van der Waals surface area contributed by atoms with Crippen LogP contribution in [0.2, 0.25) is 0 Å². The van der Waals surface area contributed by atoms with Crippen LogP contribution in [0.25, 0.3) is 0 Å². The minimum atomic E-state index is 0.605.